The number of hydrogen-bond acceptors (Lipinski definition) is 3. The smallest absolute Gasteiger partial charge is 0.341 e. The first kappa shape index (κ1) is 12.4. The van der Waals surface area contributed by atoms with Crippen LogP contribution >= 0.6 is 0 Å². The molecule has 1 aliphatic heterocycles. The molecule has 0 spiro atoms. The van der Waals surface area contributed by atoms with E-state index < -0.39 is 5.54 Å². The highest BCUT2D eigenvalue weighted by Gasteiger charge is 2.57. The highest BCUT2D eigenvalue weighted by Crippen LogP contribution is 2.36. The van der Waals surface area contributed by atoms with E-state index in [1.54, 1.807) is 0 Å². The van der Waals surface area contributed by atoms with Crippen LogP contribution in [0.4, 0.5) is 0 Å². The van der Waals surface area contributed by atoms with Crippen LogP contribution in [0.3, 0.4) is 0 Å². The molecule has 1 aromatic carbocycles. The van der Waals surface area contributed by atoms with E-state index in [9.17, 15) is 4.79 Å². The highest BCUT2D eigenvalue weighted by atomic mass is 16.5. The van der Waals surface area contributed by atoms with E-state index in [-0.39, 0.29) is 11.9 Å². The monoisotopic (exact) mass is 241 g/mol. The van der Waals surface area contributed by atoms with Crippen molar-refractivity contribution >= 4 is 11.7 Å². The van der Waals surface area contributed by atoms with Gasteiger partial charge in [-0.25, -0.2) is 4.79 Å². The Kier molecular flexibility index (Phi) is 3.20. The highest BCUT2D eigenvalue weighted by molar-refractivity contribution is 6.29. The summed E-state index contributed by atoms with van der Waals surface area (Å²) >= 11 is 0. The van der Waals surface area contributed by atoms with E-state index in [1.165, 1.54) is 7.11 Å². The third-order valence-corrected chi connectivity index (χ3v) is 3.03. The Labute approximate surface area is 107 Å². The minimum atomic E-state index is -0.837. The average Bonchev–Trinajstić information content (AvgIpc) is 3.12. The van der Waals surface area contributed by atoms with Gasteiger partial charge >= 0.3 is 5.97 Å². The van der Waals surface area contributed by atoms with Crippen molar-refractivity contribution < 1.29 is 9.53 Å². The number of rotatable bonds is 2. The van der Waals surface area contributed by atoms with Gasteiger partial charge < -0.3 is 4.74 Å². The zero-order chi connectivity index (χ0) is 13.2. The third-order valence-electron chi connectivity index (χ3n) is 3.03. The van der Waals surface area contributed by atoms with Crippen molar-refractivity contribution in [2.24, 2.45) is 10.9 Å². The average molecular weight is 241 g/mol. The van der Waals surface area contributed by atoms with Crippen LogP contribution in [-0.4, -0.2) is 24.3 Å². The molecule has 0 saturated heterocycles. The molecule has 1 aromatic rings. The molecular formula is C15H15NO2. The van der Waals surface area contributed by atoms with Gasteiger partial charge in [0, 0.05) is 5.56 Å². The van der Waals surface area contributed by atoms with Gasteiger partial charge in [0.05, 0.1) is 7.11 Å². The molecule has 0 bridgehead atoms. The van der Waals surface area contributed by atoms with Gasteiger partial charge in [0.15, 0.2) is 0 Å². The maximum Gasteiger partial charge on any atom is 0.341 e. The standard InChI is InChI=1S/C15H15NO2/c1-11(2)15(14(17)18-3)13(16-15)10-9-12-7-5-4-6-8-12/h4-8,11H,1-3H3. The summed E-state index contributed by atoms with van der Waals surface area (Å²) in [6, 6.07) is 9.63. The molecule has 3 nitrogen and oxygen atoms in total. The molecule has 1 unspecified atom stereocenters. The molecule has 18 heavy (non-hydrogen) atoms. The van der Waals surface area contributed by atoms with Gasteiger partial charge in [0.25, 0.3) is 0 Å². The SMILES string of the molecule is COC(=O)C1(C(C)C)N=C1C#Cc1ccccc1. The fourth-order valence-corrected chi connectivity index (χ4v) is 1.86. The molecule has 3 heteroatoms. The van der Waals surface area contributed by atoms with Crippen LogP contribution < -0.4 is 0 Å². The van der Waals surface area contributed by atoms with Crippen molar-refractivity contribution in [2.45, 2.75) is 19.4 Å². The van der Waals surface area contributed by atoms with Crippen molar-refractivity contribution in [2.75, 3.05) is 7.11 Å². The van der Waals surface area contributed by atoms with E-state index >= 15 is 0 Å². The summed E-state index contributed by atoms with van der Waals surface area (Å²) in [5.74, 6) is 5.70. The second kappa shape index (κ2) is 4.66. The van der Waals surface area contributed by atoms with Gasteiger partial charge in [0.2, 0.25) is 5.54 Å². The second-order valence-corrected chi connectivity index (χ2v) is 4.49. The summed E-state index contributed by atoms with van der Waals surface area (Å²) in [4.78, 5) is 16.0. The summed E-state index contributed by atoms with van der Waals surface area (Å²) in [7, 11) is 1.38. The number of aliphatic imine (C=N–C) groups is 1. The topological polar surface area (TPSA) is 38.7 Å². The number of carbonyl (C=O) groups is 1. The maximum atomic E-state index is 11.8. The fourth-order valence-electron chi connectivity index (χ4n) is 1.86. The van der Waals surface area contributed by atoms with E-state index in [2.05, 4.69) is 16.8 Å². The molecular weight excluding hydrogens is 226 g/mol. The third kappa shape index (κ3) is 2.02. The Morgan fingerprint density at radius 3 is 2.50 bits per heavy atom. The van der Waals surface area contributed by atoms with Crippen LogP contribution in [0.15, 0.2) is 35.3 Å². The molecule has 92 valence electrons. The predicted octanol–water partition coefficient (Wildman–Crippen LogP) is 2.06. The van der Waals surface area contributed by atoms with E-state index in [0.29, 0.717) is 5.71 Å². The lowest BCUT2D eigenvalue weighted by Crippen LogP contribution is -2.36. The molecule has 1 atom stereocenters. The summed E-state index contributed by atoms with van der Waals surface area (Å²) in [6.07, 6.45) is 0. The summed E-state index contributed by atoms with van der Waals surface area (Å²) in [5.41, 5.74) is 0.694. The van der Waals surface area contributed by atoms with Gasteiger partial charge in [-0.1, -0.05) is 38.0 Å². The van der Waals surface area contributed by atoms with Crippen molar-refractivity contribution in [3.8, 4) is 11.8 Å². The number of carbonyl (C=O) groups excluding carboxylic acids is 1. The molecule has 0 amide bonds. The fraction of sp³-hybridized carbons (Fsp3) is 0.333. The lowest BCUT2D eigenvalue weighted by molar-refractivity contribution is -0.144. The van der Waals surface area contributed by atoms with Crippen LogP contribution in [0.25, 0.3) is 0 Å². The number of hydrogen-bond donors (Lipinski definition) is 0. The van der Waals surface area contributed by atoms with E-state index in [1.807, 2.05) is 44.2 Å². The molecule has 1 aliphatic rings. The van der Waals surface area contributed by atoms with Crippen LogP contribution in [0.1, 0.15) is 19.4 Å². The maximum absolute atomic E-state index is 11.8. The quantitative estimate of drug-likeness (QED) is 0.587. The van der Waals surface area contributed by atoms with E-state index in [0.717, 1.165) is 5.56 Å². The Morgan fingerprint density at radius 1 is 1.28 bits per heavy atom. The minimum Gasteiger partial charge on any atom is -0.467 e. The van der Waals surface area contributed by atoms with Crippen LogP contribution in [0, 0.1) is 17.8 Å². The molecule has 0 aromatic heterocycles. The lowest BCUT2D eigenvalue weighted by Gasteiger charge is -2.14. The molecule has 2 rings (SSSR count). The Balaban J connectivity index is 2.17. The molecule has 0 N–H and O–H groups in total. The van der Waals surface area contributed by atoms with Crippen molar-refractivity contribution in [1.82, 2.24) is 0 Å². The zero-order valence-electron chi connectivity index (χ0n) is 10.7. The number of nitrogens with zero attached hydrogens (tertiary/aromatic N) is 1. The molecule has 0 fully saturated rings. The van der Waals surface area contributed by atoms with Gasteiger partial charge in [0.1, 0.15) is 5.71 Å². The lowest BCUT2D eigenvalue weighted by atomic mass is 9.90. The number of benzene rings is 1. The van der Waals surface area contributed by atoms with Crippen LogP contribution in [-0.2, 0) is 9.53 Å². The van der Waals surface area contributed by atoms with Crippen molar-refractivity contribution in [1.29, 1.82) is 0 Å². The Hall–Kier alpha value is -2.08. The van der Waals surface area contributed by atoms with Crippen LogP contribution in [0.2, 0.25) is 0 Å². The van der Waals surface area contributed by atoms with E-state index in [4.69, 9.17) is 4.74 Å². The summed E-state index contributed by atoms with van der Waals surface area (Å²) in [5, 5.41) is 0. The molecule has 0 aliphatic carbocycles. The molecule has 1 heterocycles. The normalized spacial score (nSPS) is 20.8. The number of methoxy groups -OCH3 is 1. The Morgan fingerprint density at radius 2 is 1.94 bits per heavy atom. The largest absolute Gasteiger partial charge is 0.467 e. The first-order valence-electron chi connectivity index (χ1n) is 5.87. The van der Waals surface area contributed by atoms with Gasteiger partial charge in [-0.15, -0.1) is 0 Å². The molecule has 0 radical (unpaired) electrons. The van der Waals surface area contributed by atoms with Gasteiger partial charge in [-0.05, 0) is 24.0 Å². The zero-order valence-corrected chi connectivity index (χ0v) is 10.7. The number of ether oxygens (including phenoxy) is 1. The van der Waals surface area contributed by atoms with Crippen molar-refractivity contribution in [3.05, 3.63) is 35.9 Å². The summed E-state index contributed by atoms with van der Waals surface area (Å²) in [6.45, 7) is 3.88. The molecule has 0 saturated carbocycles. The first-order chi connectivity index (χ1) is 8.61. The Bertz CT molecular complexity index is 549. The van der Waals surface area contributed by atoms with Crippen LogP contribution in [0.5, 0.6) is 0 Å². The predicted molar refractivity (Wildman–Crippen MR) is 70.3 cm³/mol. The summed E-state index contributed by atoms with van der Waals surface area (Å²) < 4.78 is 4.80. The van der Waals surface area contributed by atoms with Crippen molar-refractivity contribution in [3.63, 3.8) is 0 Å². The van der Waals surface area contributed by atoms with Gasteiger partial charge in [-0.2, -0.15) is 0 Å². The first-order valence-corrected chi connectivity index (χ1v) is 5.87. The van der Waals surface area contributed by atoms with Gasteiger partial charge in [-0.3, -0.25) is 4.99 Å². The number of esters is 1. The minimum absolute atomic E-state index is 0.0602. The second-order valence-electron chi connectivity index (χ2n) is 4.49.